The Hall–Kier alpha value is -1.04. The van der Waals surface area contributed by atoms with Crippen molar-refractivity contribution >= 4 is 23.1 Å². The van der Waals surface area contributed by atoms with E-state index < -0.39 is 0 Å². The average Bonchev–Trinajstić information content (AvgIpc) is 3.13. The van der Waals surface area contributed by atoms with Gasteiger partial charge in [-0.05, 0) is 36.5 Å². The van der Waals surface area contributed by atoms with E-state index in [2.05, 4.69) is 14.9 Å². The maximum absolute atomic E-state index is 13.6. The third kappa shape index (κ3) is 2.94. The zero-order valence-corrected chi connectivity index (χ0v) is 11.8. The largest absolute Gasteiger partial charge is 0.308 e. The van der Waals surface area contributed by atoms with Gasteiger partial charge in [-0.25, -0.2) is 4.39 Å². The van der Waals surface area contributed by atoms with Crippen molar-refractivity contribution in [1.82, 2.24) is 14.9 Å². The van der Waals surface area contributed by atoms with Crippen LogP contribution in [0.5, 0.6) is 0 Å². The molecule has 1 aromatic carbocycles. The van der Waals surface area contributed by atoms with Crippen molar-refractivity contribution in [2.24, 2.45) is 0 Å². The van der Waals surface area contributed by atoms with Crippen molar-refractivity contribution in [3.63, 3.8) is 0 Å². The van der Waals surface area contributed by atoms with Crippen LogP contribution < -0.4 is 5.32 Å². The van der Waals surface area contributed by atoms with Crippen molar-refractivity contribution in [3.05, 3.63) is 45.2 Å². The molecule has 19 heavy (non-hydrogen) atoms. The summed E-state index contributed by atoms with van der Waals surface area (Å²) in [4.78, 5) is 1.15. The van der Waals surface area contributed by atoms with Crippen molar-refractivity contribution < 1.29 is 4.39 Å². The quantitative estimate of drug-likeness (QED) is 0.918. The second-order valence-corrected chi connectivity index (χ2v) is 5.91. The zero-order valence-electron chi connectivity index (χ0n) is 10.2. The molecule has 0 atom stereocenters. The number of rotatable bonds is 5. The van der Waals surface area contributed by atoms with Gasteiger partial charge in [0.1, 0.15) is 5.82 Å². The lowest BCUT2D eigenvalue weighted by molar-refractivity contribution is 0.588. The van der Waals surface area contributed by atoms with Crippen LogP contribution in [-0.4, -0.2) is 9.59 Å². The van der Waals surface area contributed by atoms with Crippen molar-refractivity contribution in [1.29, 1.82) is 0 Å². The van der Waals surface area contributed by atoms with Gasteiger partial charge in [0.2, 0.25) is 0 Å². The second kappa shape index (κ2) is 5.53. The number of nitrogens with zero attached hydrogens (tertiary/aromatic N) is 2. The van der Waals surface area contributed by atoms with E-state index in [9.17, 15) is 4.39 Å². The van der Waals surface area contributed by atoms with E-state index in [-0.39, 0.29) is 5.82 Å². The second-order valence-electron chi connectivity index (χ2n) is 4.66. The first-order valence-corrected chi connectivity index (χ1v) is 7.35. The van der Waals surface area contributed by atoms with Gasteiger partial charge in [-0.15, -0.1) is 5.10 Å². The minimum Gasteiger partial charge on any atom is -0.308 e. The van der Waals surface area contributed by atoms with Crippen molar-refractivity contribution in [3.8, 4) is 0 Å². The van der Waals surface area contributed by atoms with Crippen LogP contribution in [0, 0.1) is 5.82 Å². The summed E-state index contributed by atoms with van der Waals surface area (Å²) in [6.45, 7) is 1.07. The molecule has 1 N–H and O–H groups in total. The Balaban J connectivity index is 1.62. The highest BCUT2D eigenvalue weighted by Crippen LogP contribution is 2.41. The highest BCUT2D eigenvalue weighted by molar-refractivity contribution is 7.05. The number of hydrogen-bond donors (Lipinski definition) is 1. The van der Waals surface area contributed by atoms with Crippen molar-refractivity contribution in [2.45, 2.75) is 31.8 Å². The summed E-state index contributed by atoms with van der Waals surface area (Å²) in [7, 11) is 0. The summed E-state index contributed by atoms with van der Waals surface area (Å²) in [5.74, 6) is 0.317. The van der Waals surface area contributed by atoms with Gasteiger partial charge in [0.25, 0.3) is 0 Å². The van der Waals surface area contributed by atoms with Gasteiger partial charge < -0.3 is 5.32 Å². The highest BCUT2D eigenvalue weighted by Gasteiger charge is 2.29. The fourth-order valence-corrected chi connectivity index (χ4v) is 2.93. The molecule has 0 spiro atoms. The maximum atomic E-state index is 13.6. The van der Waals surface area contributed by atoms with E-state index in [0.717, 1.165) is 10.6 Å². The third-order valence-corrected chi connectivity index (χ3v) is 4.29. The fraction of sp³-hybridized carbons (Fsp3) is 0.385. The number of hydrogen-bond acceptors (Lipinski definition) is 4. The first-order chi connectivity index (χ1) is 9.25. The number of aromatic nitrogens is 2. The topological polar surface area (TPSA) is 37.8 Å². The normalized spacial score (nSPS) is 14.8. The van der Waals surface area contributed by atoms with Gasteiger partial charge in [-0.2, -0.15) is 0 Å². The van der Waals surface area contributed by atoms with Crippen molar-refractivity contribution in [2.75, 3.05) is 0 Å². The Morgan fingerprint density at radius 1 is 1.37 bits per heavy atom. The molecule has 1 aliphatic rings. The first kappa shape index (κ1) is 13.0. The van der Waals surface area contributed by atoms with Crippen LogP contribution in [-0.2, 0) is 13.1 Å². The predicted octanol–water partition coefficient (Wildman–Crippen LogP) is 3.50. The summed E-state index contributed by atoms with van der Waals surface area (Å²) in [6, 6.07) is 4.73. The lowest BCUT2D eigenvalue weighted by Gasteiger charge is -2.07. The van der Waals surface area contributed by atoms with Crippen LogP contribution in [0.4, 0.5) is 4.39 Å². The minimum absolute atomic E-state index is 0.273. The van der Waals surface area contributed by atoms with Gasteiger partial charge >= 0.3 is 0 Å². The molecule has 6 heteroatoms. The van der Waals surface area contributed by atoms with E-state index in [0.29, 0.717) is 29.6 Å². The molecule has 0 radical (unpaired) electrons. The van der Waals surface area contributed by atoms with E-state index in [1.807, 2.05) is 0 Å². The Labute approximate surface area is 120 Å². The summed E-state index contributed by atoms with van der Waals surface area (Å²) in [5.41, 5.74) is 1.62. The number of nitrogens with one attached hydrogen (secondary N) is 1. The van der Waals surface area contributed by atoms with E-state index >= 15 is 0 Å². The Morgan fingerprint density at radius 3 is 2.95 bits per heavy atom. The van der Waals surface area contributed by atoms with Crippen LogP contribution in [0.15, 0.2) is 18.2 Å². The SMILES string of the molecule is Fc1cccc(Cl)c1CNCc1snnc1C1CC1. The lowest BCUT2D eigenvalue weighted by Crippen LogP contribution is -2.14. The molecule has 1 aliphatic carbocycles. The summed E-state index contributed by atoms with van der Waals surface area (Å²) < 4.78 is 17.6. The van der Waals surface area contributed by atoms with Gasteiger partial charge in [-0.3, -0.25) is 0 Å². The van der Waals surface area contributed by atoms with Gasteiger partial charge in [0, 0.05) is 29.6 Å². The van der Waals surface area contributed by atoms with E-state index in [1.54, 1.807) is 12.1 Å². The molecule has 1 fully saturated rings. The maximum Gasteiger partial charge on any atom is 0.129 e. The van der Waals surface area contributed by atoms with Crippen LogP contribution in [0.1, 0.15) is 34.9 Å². The molecular formula is C13H13ClFN3S. The molecule has 1 heterocycles. The molecule has 1 saturated carbocycles. The number of halogens is 2. The third-order valence-electron chi connectivity index (χ3n) is 3.20. The molecule has 0 bridgehead atoms. The monoisotopic (exact) mass is 297 g/mol. The molecule has 0 amide bonds. The van der Waals surface area contributed by atoms with E-state index in [1.165, 1.54) is 30.4 Å². The molecule has 0 saturated heterocycles. The summed E-state index contributed by atoms with van der Waals surface area (Å²) >= 11 is 7.39. The van der Waals surface area contributed by atoms with Crippen LogP contribution >= 0.6 is 23.1 Å². The van der Waals surface area contributed by atoms with Crippen LogP contribution in [0.2, 0.25) is 5.02 Å². The summed E-state index contributed by atoms with van der Waals surface area (Å²) in [6.07, 6.45) is 2.41. The molecule has 3 rings (SSSR count). The number of benzene rings is 1. The Kier molecular flexibility index (Phi) is 3.77. The van der Waals surface area contributed by atoms with Crippen LogP contribution in [0.25, 0.3) is 0 Å². The molecule has 0 unspecified atom stereocenters. The molecule has 1 aromatic heterocycles. The average molecular weight is 298 g/mol. The van der Waals surface area contributed by atoms with Gasteiger partial charge in [0.05, 0.1) is 10.6 Å². The zero-order chi connectivity index (χ0) is 13.2. The highest BCUT2D eigenvalue weighted by atomic mass is 35.5. The van der Waals surface area contributed by atoms with Gasteiger partial charge in [-0.1, -0.05) is 22.2 Å². The molecule has 100 valence electrons. The van der Waals surface area contributed by atoms with Crippen LogP contribution in [0.3, 0.4) is 0 Å². The molecule has 2 aromatic rings. The predicted molar refractivity (Wildman–Crippen MR) is 73.8 cm³/mol. The first-order valence-electron chi connectivity index (χ1n) is 6.20. The molecular weight excluding hydrogens is 285 g/mol. The molecule has 0 aliphatic heterocycles. The Morgan fingerprint density at radius 2 is 2.21 bits per heavy atom. The summed E-state index contributed by atoms with van der Waals surface area (Å²) in [5, 5.41) is 7.84. The fourth-order valence-electron chi connectivity index (χ4n) is 2.01. The lowest BCUT2D eigenvalue weighted by atomic mass is 10.2. The standard InChI is InChI=1S/C13H13ClFN3S/c14-10-2-1-3-11(15)9(10)6-16-7-12-13(8-4-5-8)17-18-19-12/h1-3,8,16H,4-7H2. The van der Waals surface area contributed by atoms with Gasteiger partial charge in [0.15, 0.2) is 0 Å². The minimum atomic E-state index is -0.273. The smallest absolute Gasteiger partial charge is 0.129 e. The molecule has 3 nitrogen and oxygen atoms in total. The Bertz CT molecular complexity index is 563. The van der Waals surface area contributed by atoms with E-state index in [4.69, 9.17) is 11.6 Å².